The van der Waals surface area contributed by atoms with E-state index in [9.17, 15) is 18.4 Å². The zero-order valence-corrected chi connectivity index (χ0v) is 19.2. The van der Waals surface area contributed by atoms with Crippen molar-refractivity contribution >= 4 is 23.4 Å². The Labute approximate surface area is 198 Å². The van der Waals surface area contributed by atoms with Crippen molar-refractivity contribution in [3.8, 4) is 0 Å². The van der Waals surface area contributed by atoms with Gasteiger partial charge in [0.05, 0.1) is 11.4 Å². The summed E-state index contributed by atoms with van der Waals surface area (Å²) in [7, 11) is 0. The monoisotopic (exact) mass is 474 g/mol. The Hall–Kier alpha value is -3.24. The molecular formula is C24H32F2N6O2. The second-order valence-electron chi connectivity index (χ2n) is 8.11. The van der Waals surface area contributed by atoms with E-state index in [1.54, 1.807) is 24.3 Å². The first-order valence-corrected chi connectivity index (χ1v) is 11.5. The van der Waals surface area contributed by atoms with Crippen LogP contribution in [-0.4, -0.2) is 74.2 Å². The first kappa shape index (κ1) is 25.4. The largest absolute Gasteiger partial charge is 0.338 e. The molecule has 2 aromatic rings. The van der Waals surface area contributed by atoms with Gasteiger partial charge in [-0.25, -0.2) is 18.4 Å². The lowest BCUT2D eigenvalue weighted by Gasteiger charge is -2.34. The minimum absolute atomic E-state index is 0.164. The molecule has 2 aromatic carbocycles. The fourth-order valence-electron chi connectivity index (χ4n) is 3.70. The average Bonchev–Trinajstić information content (AvgIpc) is 2.83. The maximum Gasteiger partial charge on any atom is 0.319 e. The van der Waals surface area contributed by atoms with Crippen LogP contribution in [0.2, 0.25) is 0 Å². The quantitative estimate of drug-likeness (QED) is 0.398. The molecule has 184 valence electrons. The molecule has 0 radical (unpaired) electrons. The molecule has 34 heavy (non-hydrogen) atoms. The molecule has 1 aliphatic rings. The van der Waals surface area contributed by atoms with Gasteiger partial charge in [0.15, 0.2) is 0 Å². The number of piperazine rings is 1. The van der Waals surface area contributed by atoms with Crippen molar-refractivity contribution in [2.75, 3.05) is 63.0 Å². The third-order valence-corrected chi connectivity index (χ3v) is 5.58. The van der Waals surface area contributed by atoms with E-state index < -0.39 is 23.7 Å². The third kappa shape index (κ3) is 8.60. The SMILES string of the molecule is O=C(NCCCN1CCN(CCCNC(=O)Nc2ccccc2F)CC1)Nc1ccccc1F. The van der Waals surface area contributed by atoms with Crippen molar-refractivity contribution in [2.45, 2.75) is 12.8 Å². The smallest absolute Gasteiger partial charge is 0.319 e. The van der Waals surface area contributed by atoms with Crippen LogP contribution in [0.4, 0.5) is 29.7 Å². The number of carbonyl (C=O) groups is 2. The lowest BCUT2D eigenvalue weighted by Crippen LogP contribution is -2.47. The van der Waals surface area contributed by atoms with Gasteiger partial charge in [0.25, 0.3) is 0 Å². The average molecular weight is 475 g/mol. The second-order valence-corrected chi connectivity index (χ2v) is 8.11. The highest BCUT2D eigenvalue weighted by Gasteiger charge is 2.16. The first-order chi connectivity index (χ1) is 16.5. The van der Waals surface area contributed by atoms with E-state index in [1.807, 2.05) is 0 Å². The predicted octanol–water partition coefficient (Wildman–Crippen LogP) is 3.31. The number of halogens is 2. The van der Waals surface area contributed by atoms with Crippen LogP contribution in [0.3, 0.4) is 0 Å². The molecule has 10 heteroatoms. The standard InChI is InChI=1S/C24H32F2N6O2/c25-19-7-1-3-9-21(19)29-23(33)27-11-5-13-31-15-17-32(18-16-31)14-6-12-28-24(34)30-22-10-4-2-8-20(22)26/h1-4,7-10H,5-6,11-18H2,(H2,27,29,33)(H2,28,30,34). The molecule has 1 fully saturated rings. The van der Waals surface area contributed by atoms with Gasteiger partial charge in [-0.1, -0.05) is 24.3 Å². The van der Waals surface area contributed by atoms with E-state index in [0.29, 0.717) is 13.1 Å². The number of hydrogen-bond acceptors (Lipinski definition) is 4. The number of benzene rings is 2. The molecule has 0 spiro atoms. The maximum atomic E-state index is 13.6. The molecular weight excluding hydrogens is 442 g/mol. The van der Waals surface area contributed by atoms with Gasteiger partial charge < -0.3 is 31.1 Å². The lowest BCUT2D eigenvalue weighted by molar-refractivity contribution is 0.130. The summed E-state index contributed by atoms with van der Waals surface area (Å²) in [6.07, 6.45) is 1.62. The summed E-state index contributed by atoms with van der Waals surface area (Å²) < 4.78 is 27.1. The van der Waals surface area contributed by atoms with E-state index in [1.165, 1.54) is 24.3 Å². The van der Waals surface area contributed by atoms with Gasteiger partial charge in [0.2, 0.25) is 0 Å². The fourth-order valence-corrected chi connectivity index (χ4v) is 3.70. The molecule has 1 heterocycles. The topological polar surface area (TPSA) is 88.7 Å². The van der Waals surface area contributed by atoms with Crippen LogP contribution in [0.15, 0.2) is 48.5 Å². The number of urea groups is 2. The summed E-state index contributed by atoms with van der Waals surface area (Å²) in [5.41, 5.74) is 0.328. The lowest BCUT2D eigenvalue weighted by atomic mass is 10.2. The van der Waals surface area contributed by atoms with Crippen LogP contribution >= 0.6 is 0 Å². The highest BCUT2D eigenvalue weighted by atomic mass is 19.1. The Balaban J connectivity index is 1.20. The Kier molecular flexibility index (Phi) is 10.1. The number of nitrogens with one attached hydrogen (secondary N) is 4. The van der Waals surface area contributed by atoms with Crippen molar-refractivity contribution < 1.29 is 18.4 Å². The summed E-state index contributed by atoms with van der Waals surface area (Å²) in [6.45, 7) is 6.58. The van der Waals surface area contributed by atoms with E-state index >= 15 is 0 Å². The van der Waals surface area contributed by atoms with Crippen LogP contribution in [-0.2, 0) is 0 Å². The summed E-state index contributed by atoms with van der Waals surface area (Å²) in [6, 6.07) is 11.3. The van der Waals surface area contributed by atoms with Crippen LogP contribution in [0.1, 0.15) is 12.8 Å². The van der Waals surface area contributed by atoms with Gasteiger partial charge in [0.1, 0.15) is 11.6 Å². The number of carbonyl (C=O) groups excluding carboxylic acids is 2. The van der Waals surface area contributed by atoms with Crippen LogP contribution in [0.5, 0.6) is 0 Å². The number of para-hydroxylation sites is 2. The number of anilines is 2. The molecule has 0 unspecified atom stereocenters. The van der Waals surface area contributed by atoms with E-state index in [2.05, 4.69) is 31.1 Å². The third-order valence-electron chi connectivity index (χ3n) is 5.58. The highest BCUT2D eigenvalue weighted by Crippen LogP contribution is 2.12. The van der Waals surface area contributed by atoms with Crippen LogP contribution < -0.4 is 21.3 Å². The van der Waals surface area contributed by atoms with Gasteiger partial charge >= 0.3 is 12.1 Å². The molecule has 4 amide bonds. The van der Waals surface area contributed by atoms with Crippen molar-refractivity contribution in [2.24, 2.45) is 0 Å². The molecule has 4 N–H and O–H groups in total. The van der Waals surface area contributed by atoms with Crippen molar-refractivity contribution in [1.29, 1.82) is 0 Å². The molecule has 0 saturated carbocycles. The van der Waals surface area contributed by atoms with Crippen LogP contribution in [0.25, 0.3) is 0 Å². The van der Waals surface area contributed by atoms with Crippen molar-refractivity contribution in [1.82, 2.24) is 20.4 Å². The van der Waals surface area contributed by atoms with Gasteiger partial charge in [-0.3, -0.25) is 0 Å². The van der Waals surface area contributed by atoms with Crippen molar-refractivity contribution in [3.63, 3.8) is 0 Å². The molecule has 1 saturated heterocycles. The Morgan fingerprint density at radius 3 is 1.44 bits per heavy atom. The van der Waals surface area contributed by atoms with E-state index in [4.69, 9.17) is 0 Å². The summed E-state index contributed by atoms with van der Waals surface area (Å²) >= 11 is 0. The summed E-state index contributed by atoms with van der Waals surface area (Å²) in [4.78, 5) is 28.5. The second kappa shape index (κ2) is 13.5. The zero-order chi connectivity index (χ0) is 24.2. The van der Waals surface area contributed by atoms with Crippen LogP contribution in [0, 0.1) is 11.6 Å². The number of amides is 4. The Bertz CT molecular complexity index is 862. The molecule has 3 rings (SSSR count). The predicted molar refractivity (Wildman–Crippen MR) is 129 cm³/mol. The minimum Gasteiger partial charge on any atom is -0.338 e. The first-order valence-electron chi connectivity index (χ1n) is 11.5. The number of rotatable bonds is 10. The van der Waals surface area contributed by atoms with Crippen molar-refractivity contribution in [3.05, 3.63) is 60.2 Å². The van der Waals surface area contributed by atoms with E-state index in [-0.39, 0.29) is 11.4 Å². The molecule has 0 bridgehead atoms. The Morgan fingerprint density at radius 2 is 1.06 bits per heavy atom. The molecule has 8 nitrogen and oxygen atoms in total. The minimum atomic E-state index is -0.461. The fraction of sp³-hybridized carbons (Fsp3) is 0.417. The van der Waals surface area contributed by atoms with Gasteiger partial charge in [-0.15, -0.1) is 0 Å². The van der Waals surface area contributed by atoms with Gasteiger partial charge in [-0.2, -0.15) is 0 Å². The highest BCUT2D eigenvalue weighted by molar-refractivity contribution is 5.89. The molecule has 0 atom stereocenters. The zero-order valence-electron chi connectivity index (χ0n) is 19.2. The van der Waals surface area contributed by atoms with Gasteiger partial charge in [0, 0.05) is 39.3 Å². The Morgan fingerprint density at radius 1 is 0.676 bits per heavy atom. The number of nitrogens with zero attached hydrogens (tertiary/aromatic N) is 2. The summed E-state index contributed by atoms with van der Waals surface area (Å²) in [5.74, 6) is -0.922. The van der Waals surface area contributed by atoms with Gasteiger partial charge in [-0.05, 0) is 50.2 Å². The molecule has 0 aromatic heterocycles. The number of hydrogen-bond donors (Lipinski definition) is 4. The molecule has 0 aliphatic carbocycles. The summed E-state index contributed by atoms with van der Waals surface area (Å²) in [5, 5.41) is 10.5. The normalized spacial score (nSPS) is 14.4. The maximum absolute atomic E-state index is 13.6. The molecule has 1 aliphatic heterocycles. The van der Waals surface area contributed by atoms with E-state index in [0.717, 1.165) is 52.1 Å².